The van der Waals surface area contributed by atoms with Crippen molar-refractivity contribution in [2.24, 2.45) is 0 Å². The zero-order valence-electron chi connectivity index (χ0n) is 15.1. The first-order chi connectivity index (χ1) is 13.3. The van der Waals surface area contributed by atoms with Gasteiger partial charge in [-0.25, -0.2) is 0 Å². The largest absolute Gasteiger partial charge is 0.332 e. The van der Waals surface area contributed by atoms with E-state index in [1.807, 2.05) is 23.2 Å². The van der Waals surface area contributed by atoms with Gasteiger partial charge in [-0.05, 0) is 28.0 Å². The predicted molar refractivity (Wildman–Crippen MR) is 109 cm³/mol. The number of carbonyl (C=O) groups excluding carboxylic acids is 1. The molecule has 0 spiro atoms. The summed E-state index contributed by atoms with van der Waals surface area (Å²) >= 11 is 5.85. The van der Waals surface area contributed by atoms with Gasteiger partial charge in [0.15, 0.2) is 0 Å². The number of halogens is 1. The van der Waals surface area contributed by atoms with Crippen LogP contribution < -0.4 is 0 Å². The fourth-order valence-electron chi connectivity index (χ4n) is 3.89. The SMILES string of the molecule is O=C(CCl)N1CCN(Cc2cccc3ccccc23)CC1c1cccnc1. The van der Waals surface area contributed by atoms with Crippen LogP contribution in [0, 0.1) is 0 Å². The standard InChI is InChI=1S/C22H22ClN3O/c23-13-22(27)26-12-11-25(16-21(26)18-8-4-10-24-14-18)15-19-7-3-6-17-5-1-2-9-20(17)19/h1-10,14,21H,11-13,15-16H2. The van der Waals surface area contributed by atoms with Gasteiger partial charge in [-0.2, -0.15) is 0 Å². The van der Waals surface area contributed by atoms with Crippen molar-refractivity contribution in [3.05, 3.63) is 78.1 Å². The summed E-state index contributed by atoms with van der Waals surface area (Å²) in [5.41, 5.74) is 2.37. The first kappa shape index (κ1) is 18.0. The molecule has 4 rings (SSSR count). The van der Waals surface area contributed by atoms with Crippen molar-refractivity contribution in [1.29, 1.82) is 0 Å². The van der Waals surface area contributed by atoms with Gasteiger partial charge < -0.3 is 4.90 Å². The highest BCUT2D eigenvalue weighted by atomic mass is 35.5. The Kier molecular flexibility index (Phi) is 5.37. The summed E-state index contributed by atoms with van der Waals surface area (Å²) in [6.45, 7) is 3.15. The molecule has 1 aliphatic rings. The first-order valence-electron chi connectivity index (χ1n) is 9.20. The Morgan fingerprint density at radius 2 is 1.93 bits per heavy atom. The van der Waals surface area contributed by atoms with Gasteiger partial charge in [-0.15, -0.1) is 11.6 Å². The van der Waals surface area contributed by atoms with Gasteiger partial charge in [0.1, 0.15) is 5.88 Å². The third-order valence-electron chi connectivity index (χ3n) is 5.24. The van der Waals surface area contributed by atoms with E-state index >= 15 is 0 Å². The van der Waals surface area contributed by atoms with E-state index in [1.54, 1.807) is 6.20 Å². The Labute approximate surface area is 164 Å². The molecule has 1 saturated heterocycles. The van der Waals surface area contributed by atoms with E-state index in [1.165, 1.54) is 16.3 Å². The number of carbonyl (C=O) groups is 1. The van der Waals surface area contributed by atoms with Crippen molar-refractivity contribution < 1.29 is 4.79 Å². The van der Waals surface area contributed by atoms with Gasteiger partial charge >= 0.3 is 0 Å². The number of hydrogen-bond donors (Lipinski definition) is 0. The number of fused-ring (bicyclic) bond motifs is 1. The van der Waals surface area contributed by atoms with E-state index in [-0.39, 0.29) is 17.8 Å². The molecule has 0 radical (unpaired) electrons. The summed E-state index contributed by atoms with van der Waals surface area (Å²) in [5.74, 6) is -0.00424. The van der Waals surface area contributed by atoms with Gasteiger partial charge in [0.05, 0.1) is 6.04 Å². The van der Waals surface area contributed by atoms with Gasteiger partial charge in [0.25, 0.3) is 0 Å². The van der Waals surface area contributed by atoms with Crippen molar-refractivity contribution >= 4 is 28.3 Å². The molecule has 1 fully saturated rings. The molecule has 1 amide bonds. The van der Waals surface area contributed by atoms with Crippen LogP contribution in [0.5, 0.6) is 0 Å². The lowest BCUT2D eigenvalue weighted by Crippen LogP contribution is -2.50. The zero-order valence-corrected chi connectivity index (χ0v) is 15.8. The van der Waals surface area contributed by atoms with E-state index in [0.29, 0.717) is 6.54 Å². The van der Waals surface area contributed by atoms with Crippen LogP contribution in [0.2, 0.25) is 0 Å². The van der Waals surface area contributed by atoms with Crippen LogP contribution in [0.3, 0.4) is 0 Å². The van der Waals surface area contributed by atoms with Crippen LogP contribution in [0.4, 0.5) is 0 Å². The molecule has 2 aromatic carbocycles. The molecule has 1 atom stereocenters. The Morgan fingerprint density at radius 1 is 1.07 bits per heavy atom. The zero-order chi connectivity index (χ0) is 18.6. The first-order valence-corrected chi connectivity index (χ1v) is 9.74. The van der Waals surface area contributed by atoms with Crippen LogP contribution in [0.25, 0.3) is 10.8 Å². The van der Waals surface area contributed by atoms with Gasteiger partial charge in [0.2, 0.25) is 5.91 Å². The molecule has 0 aliphatic carbocycles. The van der Waals surface area contributed by atoms with E-state index < -0.39 is 0 Å². The summed E-state index contributed by atoms with van der Waals surface area (Å²) in [6, 6.07) is 18.9. The normalized spacial score (nSPS) is 18.0. The Hall–Kier alpha value is -2.43. The molecule has 4 nitrogen and oxygen atoms in total. The van der Waals surface area contributed by atoms with Crippen LogP contribution in [0.1, 0.15) is 17.2 Å². The monoisotopic (exact) mass is 379 g/mol. The molecule has 1 unspecified atom stereocenters. The van der Waals surface area contributed by atoms with E-state index in [0.717, 1.165) is 25.2 Å². The number of piperazine rings is 1. The number of pyridine rings is 1. The molecule has 27 heavy (non-hydrogen) atoms. The van der Waals surface area contributed by atoms with Crippen molar-refractivity contribution in [2.45, 2.75) is 12.6 Å². The number of aromatic nitrogens is 1. The Balaban J connectivity index is 1.59. The average molecular weight is 380 g/mol. The second kappa shape index (κ2) is 8.07. The Bertz CT molecular complexity index is 926. The molecule has 0 saturated carbocycles. The minimum atomic E-state index is -0.0197. The van der Waals surface area contributed by atoms with Gasteiger partial charge in [-0.3, -0.25) is 14.7 Å². The fourth-order valence-corrected chi connectivity index (χ4v) is 4.04. The highest BCUT2D eigenvalue weighted by molar-refractivity contribution is 6.27. The predicted octanol–water partition coefficient (Wildman–Crippen LogP) is 3.86. The summed E-state index contributed by atoms with van der Waals surface area (Å²) in [6.07, 6.45) is 3.61. The lowest BCUT2D eigenvalue weighted by Gasteiger charge is -2.41. The summed E-state index contributed by atoms with van der Waals surface area (Å²) < 4.78 is 0. The Morgan fingerprint density at radius 3 is 2.74 bits per heavy atom. The average Bonchev–Trinajstić information content (AvgIpc) is 2.74. The quantitative estimate of drug-likeness (QED) is 0.646. The number of nitrogens with zero attached hydrogens (tertiary/aromatic N) is 3. The highest BCUT2D eigenvalue weighted by Crippen LogP contribution is 2.27. The molecule has 3 aromatic rings. The third-order valence-corrected chi connectivity index (χ3v) is 5.47. The van der Waals surface area contributed by atoms with Crippen molar-refractivity contribution in [1.82, 2.24) is 14.8 Å². The number of benzene rings is 2. The second-order valence-electron chi connectivity index (χ2n) is 6.90. The lowest BCUT2D eigenvalue weighted by atomic mass is 10.0. The van der Waals surface area contributed by atoms with Crippen molar-refractivity contribution in [2.75, 3.05) is 25.5 Å². The molecule has 5 heteroatoms. The van der Waals surface area contributed by atoms with Crippen LogP contribution in [-0.2, 0) is 11.3 Å². The summed E-state index contributed by atoms with van der Waals surface area (Å²) in [4.78, 5) is 20.9. The maximum absolute atomic E-state index is 12.3. The smallest absolute Gasteiger partial charge is 0.238 e. The molecule has 138 valence electrons. The fraction of sp³-hybridized carbons (Fsp3) is 0.273. The van der Waals surface area contributed by atoms with Crippen molar-refractivity contribution in [3.8, 4) is 0 Å². The highest BCUT2D eigenvalue weighted by Gasteiger charge is 2.31. The van der Waals surface area contributed by atoms with E-state index in [4.69, 9.17) is 11.6 Å². The second-order valence-corrected chi connectivity index (χ2v) is 7.16. The van der Waals surface area contributed by atoms with Gasteiger partial charge in [0, 0.05) is 38.6 Å². The third kappa shape index (κ3) is 3.82. The van der Waals surface area contributed by atoms with E-state index in [2.05, 4.69) is 52.3 Å². The maximum Gasteiger partial charge on any atom is 0.238 e. The lowest BCUT2D eigenvalue weighted by molar-refractivity contribution is -0.133. The number of alkyl halides is 1. The van der Waals surface area contributed by atoms with Gasteiger partial charge in [-0.1, -0.05) is 48.5 Å². The van der Waals surface area contributed by atoms with Crippen molar-refractivity contribution in [3.63, 3.8) is 0 Å². The van der Waals surface area contributed by atoms with Crippen LogP contribution in [0.15, 0.2) is 67.0 Å². The van der Waals surface area contributed by atoms with E-state index in [9.17, 15) is 4.79 Å². The molecular weight excluding hydrogens is 358 g/mol. The molecule has 1 aliphatic heterocycles. The van der Waals surface area contributed by atoms with Crippen LogP contribution in [-0.4, -0.2) is 46.2 Å². The molecule has 2 heterocycles. The van der Waals surface area contributed by atoms with Crippen LogP contribution >= 0.6 is 11.6 Å². The molecule has 0 bridgehead atoms. The summed E-state index contributed by atoms with van der Waals surface area (Å²) in [7, 11) is 0. The summed E-state index contributed by atoms with van der Waals surface area (Å²) in [5, 5.41) is 2.55. The number of amides is 1. The molecular formula is C22H22ClN3O. The maximum atomic E-state index is 12.3. The minimum absolute atomic E-state index is 0.0140. The molecule has 1 aromatic heterocycles. The minimum Gasteiger partial charge on any atom is -0.332 e. The number of rotatable bonds is 4. The number of hydrogen-bond acceptors (Lipinski definition) is 3. The topological polar surface area (TPSA) is 36.4 Å². The molecule has 0 N–H and O–H groups in total.